The molecule has 2 rings (SSSR count). The fourth-order valence-electron chi connectivity index (χ4n) is 2.52. The fraction of sp³-hybridized carbons (Fsp3) is 0.533. The van der Waals surface area contributed by atoms with Crippen molar-refractivity contribution in [2.75, 3.05) is 21.9 Å². The van der Waals surface area contributed by atoms with Crippen LogP contribution in [-0.2, 0) is 14.8 Å². The Kier molecular flexibility index (Phi) is 4.88. The molecule has 1 aromatic carbocycles. The molecule has 0 aliphatic carbocycles. The molecule has 116 valence electrons. The maximum Gasteiger partial charge on any atom is 0.232 e. The first-order chi connectivity index (χ1) is 9.93. The summed E-state index contributed by atoms with van der Waals surface area (Å²) in [6.45, 7) is 4.46. The number of amides is 1. The third-order valence-corrected chi connectivity index (χ3v) is 5.06. The van der Waals surface area contributed by atoms with E-state index < -0.39 is 10.0 Å². The average molecular weight is 310 g/mol. The van der Waals surface area contributed by atoms with Gasteiger partial charge in [0.2, 0.25) is 15.9 Å². The van der Waals surface area contributed by atoms with Crippen molar-refractivity contribution in [1.29, 1.82) is 0 Å². The van der Waals surface area contributed by atoms with Gasteiger partial charge in [0.05, 0.1) is 11.4 Å². The van der Waals surface area contributed by atoms with Crippen molar-refractivity contribution in [3.63, 3.8) is 0 Å². The smallest absolute Gasteiger partial charge is 0.232 e. The van der Waals surface area contributed by atoms with Gasteiger partial charge in [0, 0.05) is 18.7 Å². The van der Waals surface area contributed by atoms with Crippen molar-refractivity contribution >= 4 is 27.3 Å². The Morgan fingerprint density at radius 3 is 2.71 bits per heavy atom. The number of sulfonamides is 1. The van der Waals surface area contributed by atoms with Gasteiger partial charge in [-0.25, -0.2) is 8.42 Å². The van der Waals surface area contributed by atoms with Crippen LogP contribution in [0.4, 0.5) is 11.4 Å². The van der Waals surface area contributed by atoms with Crippen molar-refractivity contribution in [1.82, 2.24) is 0 Å². The van der Waals surface area contributed by atoms with Crippen LogP contribution in [0.3, 0.4) is 0 Å². The molecule has 0 atom stereocenters. The van der Waals surface area contributed by atoms with E-state index in [9.17, 15) is 13.2 Å². The largest absolute Gasteiger partial charge is 0.312 e. The molecule has 5 nitrogen and oxygen atoms in total. The van der Waals surface area contributed by atoms with Gasteiger partial charge >= 0.3 is 0 Å². The van der Waals surface area contributed by atoms with E-state index in [0.29, 0.717) is 25.1 Å². The number of aryl methyl sites for hydroxylation is 1. The molecule has 0 aromatic heterocycles. The van der Waals surface area contributed by atoms with Crippen LogP contribution in [0.1, 0.15) is 38.2 Å². The lowest BCUT2D eigenvalue weighted by Gasteiger charge is -2.28. The Balaban J connectivity index is 2.27. The molecule has 0 unspecified atom stereocenters. The van der Waals surface area contributed by atoms with E-state index in [0.717, 1.165) is 24.1 Å². The fourth-order valence-corrected chi connectivity index (χ4v) is 3.65. The van der Waals surface area contributed by atoms with Gasteiger partial charge in [-0.1, -0.05) is 13.0 Å². The lowest BCUT2D eigenvalue weighted by molar-refractivity contribution is -0.119. The van der Waals surface area contributed by atoms with Gasteiger partial charge in [-0.05, 0) is 43.9 Å². The summed E-state index contributed by atoms with van der Waals surface area (Å²) >= 11 is 0. The maximum atomic E-state index is 12.0. The highest BCUT2D eigenvalue weighted by atomic mass is 32.2. The number of anilines is 2. The molecule has 1 aliphatic heterocycles. The van der Waals surface area contributed by atoms with Gasteiger partial charge in [-0.3, -0.25) is 9.52 Å². The van der Waals surface area contributed by atoms with Gasteiger partial charge in [0.25, 0.3) is 0 Å². The number of nitrogens with one attached hydrogen (secondary N) is 1. The zero-order chi connectivity index (χ0) is 15.5. The Bertz CT molecular complexity index is 626. The Morgan fingerprint density at radius 2 is 2.05 bits per heavy atom. The van der Waals surface area contributed by atoms with Gasteiger partial charge in [0.1, 0.15) is 0 Å². The predicted molar refractivity (Wildman–Crippen MR) is 85.1 cm³/mol. The van der Waals surface area contributed by atoms with E-state index in [1.165, 1.54) is 0 Å². The van der Waals surface area contributed by atoms with Crippen LogP contribution >= 0.6 is 0 Å². The first-order valence-corrected chi connectivity index (χ1v) is 8.99. The van der Waals surface area contributed by atoms with Crippen LogP contribution in [0.2, 0.25) is 0 Å². The van der Waals surface area contributed by atoms with E-state index in [2.05, 4.69) is 4.72 Å². The molecular formula is C15H22N2O3S. The molecule has 1 fully saturated rings. The SMILES string of the molecule is CCCS(=O)(=O)Nc1ccc(C)c(N2CCCCC2=O)c1. The summed E-state index contributed by atoms with van der Waals surface area (Å²) in [4.78, 5) is 13.8. The number of benzene rings is 1. The molecule has 0 saturated carbocycles. The predicted octanol–water partition coefficient (Wildman–Crippen LogP) is 2.66. The van der Waals surface area contributed by atoms with Crippen LogP contribution in [0, 0.1) is 6.92 Å². The molecule has 1 saturated heterocycles. The molecule has 1 amide bonds. The summed E-state index contributed by atoms with van der Waals surface area (Å²) < 4.78 is 26.3. The van der Waals surface area contributed by atoms with Gasteiger partial charge in [0.15, 0.2) is 0 Å². The number of carbonyl (C=O) groups is 1. The summed E-state index contributed by atoms with van der Waals surface area (Å²) in [6, 6.07) is 5.34. The van der Waals surface area contributed by atoms with E-state index in [4.69, 9.17) is 0 Å². The van der Waals surface area contributed by atoms with Crippen LogP contribution in [0.15, 0.2) is 18.2 Å². The molecule has 1 heterocycles. The molecule has 1 N–H and O–H groups in total. The zero-order valence-electron chi connectivity index (χ0n) is 12.6. The molecule has 1 aliphatic rings. The highest BCUT2D eigenvalue weighted by Crippen LogP contribution is 2.28. The van der Waals surface area contributed by atoms with Crippen molar-refractivity contribution in [2.45, 2.75) is 39.5 Å². The minimum absolute atomic E-state index is 0.0961. The second-order valence-corrected chi connectivity index (χ2v) is 7.27. The van der Waals surface area contributed by atoms with Crippen molar-refractivity contribution in [3.05, 3.63) is 23.8 Å². The second-order valence-electron chi connectivity index (χ2n) is 5.42. The number of rotatable bonds is 5. The molecule has 21 heavy (non-hydrogen) atoms. The number of carbonyl (C=O) groups excluding carboxylic acids is 1. The zero-order valence-corrected chi connectivity index (χ0v) is 13.4. The van der Waals surface area contributed by atoms with Gasteiger partial charge in [-0.15, -0.1) is 0 Å². The third kappa shape index (κ3) is 3.97. The quantitative estimate of drug-likeness (QED) is 0.909. The van der Waals surface area contributed by atoms with Crippen molar-refractivity contribution in [3.8, 4) is 0 Å². The van der Waals surface area contributed by atoms with Crippen LogP contribution in [-0.4, -0.2) is 26.6 Å². The van der Waals surface area contributed by atoms with E-state index in [1.54, 1.807) is 17.0 Å². The number of nitrogens with zero attached hydrogens (tertiary/aromatic N) is 1. The highest BCUT2D eigenvalue weighted by molar-refractivity contribution is 7.92. The van der Waals surface area contributed by atoms with Crippen molar-refractivity contribution < 1.29 is 13.2 Å². The third-order valence-electron chi connectivity index (χ3n) is 3.57. The van der Waals surface area contributed by atoms with Gasteiger partial charge < -0.3 is 4.90 Å². The standard InChI is InChI=1S/C15H22N2O3S/c1-3-10-21(19,20)16-13-8-7-12(2)14(11-13)17-9-5-4-6-15(17)18/h7-8,11,16H,3-6,9-10H2,1-2H3. The summed E-state index contributed by atoms with van der Waals surface area (Å²) in [6.07, 6.45) is 3.04. The maximum absolute atomic E-state index is 12.0. The van der Waals surface area contributed by atoms with E-state index in [-0.39, 0.29) is 11.7 Å². The lowest BCUT2D eigenvalue weighted by Crippen LogP contribution is -2.35. The summed E-state index contributed by atoms with van der Waals surface area (Å²) in [5.74, 6) is 0.205. The van der Waals surface area contributed by atoms with Crippen molar-refractivity contribution in [2.24, 2.45) is 0 Å². The van der Waals surface area contributed by atoms with Crippen LogP contribution in [0.25, 0.3) is 0 Å². The first-order valence-electron chi connectivity index (χ1n) is 7.34. The van der Waals surface area contributed by atoms with Gasteiger partial charge in [-0.2, -0.15) is 0 Å². The summed E-state index contributed by atoms with van der Waals surface area (Å²) in [5, 5.41) is 0. The normalized spacial score (nSPS) is 16.1. The monoisotopic (exact) mass is 310 g/mol. The number of piperidine rings is 1. The van der Waals surface area contributed by atoms with E-state index in [1.807, 2.05) is 19.9 Å². The number of hydrogen-bond donors (Lipinski definition) is 1. The first kappa shape index (κ1) is 15.8. The molecule has 0 bridgehead atoms. The molecule has 0 spiro atoms. The molecular weight excluding hydrogens is 288 g/mol. The lowest BCUT2D eigenvalue weighted by atomic mass is 10.1. The highest BCUT2D eigenvalue weighted by Gasteiger charge is 2.21. The Labute approximate surface area is 126 Å². The summed E-state index contributed by atoms with van der Waals surface area (Å²) in [7, 11) is -3.31. The van der Waals surface area contributed by atoms with E-state index >= 15 is 0 Å². The minimum atomic E-state index is -3.31. The Hall–Kier alpha value is -1.56. The Morgan fingerprint density at radius 1 is 1.29 bits per heavy atom. The van der Waals surface area contributed by atoms with Crippen LogP contribution in [0.5, 0.6) is 0 Å². The molecule has 0 radical (unpaired) electrons. The minimum Gasteiger partial charge on any atom is -0.312 e. The average Bonchev–Trinajstić information content (AvgIpc) is 2.41. The molecule has 6 heteroatoms. The second kappa shape index (κ2) is 6.47. The summed E-state index contributed by atoms with van der Waals surface area (Å²) in [5.41, 5.74) is 2.29. The van der Waals surface area contributed by atoms with Crippen LogP contribution < -0.4 is 9.62 Å². The number of hydrogen-bond acceptors (Lipinski definition) is 3. The molecule has 1 aromatic rings. The topological polar surface area (TPSA) is 66.5 Å².